The molecular weight excluding hydrogens is 364 g/mol. The molecule has 0 radical (unpaired) electrons. The van der Waals surface area contributed by atoms with Gasteiger partial charge in [0.15, 0.2) is 0 Å². The number of ether oxygens (including phenoxy) is 2. The van der Waals surface area contributed by atoms with Crippen molar-refractivity contribution in [2.45, 2.75) is 6.92 Å². The summed E-state index contributed by atoms with van der Waals surface area (Å²) < 4.78 is 10.2. The van der Waals surface area contributed by atoms with E-state index in [-0.39, 0.29) is 17.4 Å². The van der Waals surface area contributed by atoms with E-state index in [9.17, 15) is 14.9 Å². The minimum absolute atomic E-state index is 0.00466. The second-order valence-corrected chi connectivity index (χ2v) is 5.74. The number of hydrogen-bond donors (Lipinski definition) is 1. The van der Waals surface area contributed by atoms with Crippen LogP contribution in [0.2, 0.25) is 0 Å². The number of carbonyl (C=O) groups is 1. The molecule has 1 N–H and O–H groups in total. The number of anilines is 2. The van der Waals surface area contributed by atoms with Crippen molar-refractivity contribution in [1.82, 2.24) is 9.97 Å². The number of esters is 1. The highest BCUT2D eigenvalue weighted by atomic mass is 16.6. The van der Waals surface area contributed by atoms with E-state index in [0.717, 1.165) is 5.56 Å². The van der Waals surface area contributed by atoms with Gasteiger partial charge in [0.25, 0.3) is 0 Å². The van der Waals surface area contributed by atoms with Crippen LogP contribution in [0, 0.1) is 17.0 Å². The highest BCUT2D eigenvalue weighted by Crippen LogP contribution is 2.35. The molecule has 9 nitrogen and oxygen atoms in total. The van der Waals surface area contributed by atoms with Crippen molar-refractivity contribution in [3.8, 4) is 11.6 Å². The second-order valence-electron chi connectivity index (χ2n) is 5.74. The maximum atomic E-state index is 11.6. The topological polar surface area (TPSA) is 116 Å². The van der Waals surface area contributed by atoms with Crippen molar-refractivity contribution < 1.29 is 19.2 Å². The normalized spacial score (nSPS) is 10.2. The molecule has 1 aromatic heterocycles. The fraction of sp³-hybridized carbons (Fsp3) is 0.105. The summed E-state index contributed by atoms with van der Waals surface area (Å²) in [5.41, 5.74) is 1.62. The Hall–Kier alpha value is -4.01. The predicted molar refractivity (Wildman–Crippen MR) is 101 cm³/mol. The quantitative estimate of drug-likeness (QED) is 0.387. The van der Waals surface area contributed by atoms with Crippen LogP contribution in [-0.2, 0) is 4.74 Å². The fourth-order valence-electron chi connectivity index (χ4n) is 2.36. The third-order valence-electron chi connectivity index (χ3n) is 3.78. The maximum absolute atomic E-state index is 11.6. The van der Waals surface area contributed by atoms with Gasteiger partial charge in [-0.25, -0.2) is 9.78 Å². The van der Waals surface area contributed by atoms with Crippen LogP contribution in [0.5, 0.6) is 11.6 Å². The molecule has 3 rings (SSSR count). The van der Waals surface area contributed by atoms with E-state index in [2.05, 4.69) is 20.0 Å². The lowest BCUT2D eigenvalue weighted by molar-refractivity contribution is -0.385. The smallest absolute Gasteiger partial charge is 0.373 e. The van der Waals surface area contributed by atoms with Crippen molar-refractivity contribution in [1.29, 1.82) is 0 Å². The van der Waals surface area contributed by atoms with Gasteiger partial charge >= 0.3 is 17.5 Å². The molecule has 28 heavy (non-hydrogen) atoms. The van der Waals surface area contributed by atoms with Crippen LogP contribution >= 0.6 is 0 Å². The zero-order valence-corrected chi connectivity index (χ0v) is 15.1. The van der Waals surface area contributed by atoms with E-state index < -0.39 is 16.6 Å². The molecule has 0 unspecified atom stereocenters. The van der Waals surface area contributed by atoms with Gasteiger partial charge in [0, 0.05) is 5.69 Å². The molecule has 1 heterocycles. The Kier molecular flexibility index (Phi) is 5.45. The molecule has 0 aliphatic rings. The van der Waals surface area contributed by atoms with Gasteiger partial charge in [-0.05, 0) is 43.3 Å². The molecule has 142 valence electrons. The minimum Gasteiger partial charge on any atom is -0.465 e. The Bertz CT molecular complexity index is 1000. The second kappa shape index (κ2) is 8.12. The summed E-state index contributed by atoms with van der Waals surface area (Å²) in [7, 11) is 1.28. The first-order valence-corrected chi connectivity index (χ1v) is 8.17. The largest absolute Gasteiger partial charge is 0.465 e. The van der Waals surface area contributed by atoms with Gasteiger partial charge in [-0.1, -0.05) is 17.7 Å². The molecule has 0 atom stereocenters. The molecular formula is C19H16N4O5. The standard InChI is InChI=1S/C19H16N4O5/c1-12-3-7-14(8-4-12)22-17-16(23(25)26)18(21-11-20-17)28-15-9-5-13(6-10-15)19(24)27-2/h3-11H,1-2H3,(H,20,21,22). The number of nitrogens with zero attached hydrogens (tertiary/aromatic N) is 3. The minimum atomic E-state index is -0.616. The van der Waals surface area contributed by atoms with E-state index in [0.29, 0.717) is 11.3 Å². The van der Waals surface area contributed by atoms with E-state index in [1.807, 2.05) is 19.1 Å². The number of benzene rings is 2. The zero-order valence-electron chi connectivity index (χ0n) is 15.1. The number of nitro groups is 1. The molecule has 3 aromatic rings. The molecule has 0 aliphatic heterocycles. The summed E-state index contributed by atoms with van der Waals surface area (Å²) in [5.74, 6) is -0.439. The summed E-state index contributed by atoms with van der Waals surface area (Å²) >= 11 is 0. The molecule has 0 bridgehead atoms. The Labute approximate surface area is 160 Å². The number of nitrogens with one attached hydrogen (secondary N) is 1. The zero-order chi connectivity index (χ0) is 20.1. The molecule has 0 saturated heterocycles. The highest BCUT2D eigenvalue weighted by Gasteiger charge is 2.25. The molecule has 0 aliphatic carbocycles. The molecule has 0 amide bonds. The van der Waals surface area contributed by atoms with Gasteiger partial charge < -0.3 is 14.8 Å². The van der Waals surface area contributed by atoms with E-state index in [1.54, 1.807) is 12.1 Å². The number of hydrogen-bond acceptors (Lipinski definition) is 8. The van der Waals surface area contributed by atoms with E-state index >= 15 is 0 Å². The van der Waals surface area contributed by atoms with Crippen LogP contribution in [0.3, 0.4) is 0 Å². The van der Waals surface area contributed by atoms with Crippen molar-refractivity contribution >= 4 is 23.2 Å². The lowest BCUT2D eigenvalue weighted by Gasteiger charge is -2.10. The van der Waals surface area contributed by atoms with Gasteiger partial charge in [-0.3, -0.25) is 10.1 Å². The van der Waals surface area contributed by atoms with Crippen LogP contribution in [-0.4, -0.2) is 28.0 Å². The van der Waals surface area contributed by atoms with Crippen LogP contribution in [0.25, 0.3) is 0 Å². The molecule has 0 saturated carbocycles. The van der Waals surface area contributed by atoms with Crippen LogP contribution < -0.4 is 10.1 Å². The van der Waals surface area contributed by atoms with Crippen molar-refractivity contribution in [3.63, 3.8) is 0 Å². The predicted octanol–water partition coefficient (Wildman–Crippen LogP) is 4.02. The number of carbonyl (C=O) groups excluding carboxylic acids is 1. The summed E-state index contributed by atoms with van der Waals surface area (Å²) in [6, 6.07) is 13.3. The molecule has 0 fully saturated rings. The van der Waals surface area contributed by atoms with Crippen LogP contribution in [0.15, 0.2) is 54.9 Å². The summed E-state index contributed by atoms with van der Waals surface area (Å²) in [4.78, 5) is 30.3. The fourth-order valence-corrected chi connectivity index (χ4v) is 2.36. The Balaban J connectivity index is 1.89. The third-order valence-corrected chi connectivity index (χ3v) is 3.78. The van der Waals surface area contributed by atoms with Gasteiger partial charge in [-0.2, -0.15) is 4.98 Å². The number of aromatic nitrogens is 2. The van der Waals surface area contributed by atoms with Gasteiger partial charge in [0.1, 0.15) is 12.1 Å². The SMILES string of the molecule is COC(=O)c1ccc(Oc2ncnc(Nc3ccc(C)cc3)c2[N+](=O)[O-])cc1. The Morgan fingerprint density at radius 2 is 1.75 bits per heavy atom. The monoisotopic (exact) mass is 380 g/mol. The van der Waals surface area contributed by atoms with Gasteiger partial charge in [-0.15, -0.1) is 0 Å². The van der Waals surface area contributed by atoms with Crippen molar-refractivity contribution in [2.75, 3.05) is 12.4 Å². The van der Waals surface area contributed by atoms with Crippen LogP contribution in [0.1, 0.15) is 15.9 Å². The number of methoxy groups -OCH3 is 1. The number of rotatable bonds is 6. The summed E-state index contributed by atoms with van der Waals surface area (Å²) in [5, 5.41) is 14.5. The lowest BCUT2D eigenvalue weighted by atomic mass is 10.2. The average molecular weight is 380 g/mol. The summed E-state index contributed by atoms with van der Waals surface area (Å²) in [6.07, 6.45) is 1.17. The van der Waals surface area contributed by atoms with Crippen molar-refractivity contribution in [2.24, 2.45) is 0 Å². The molecule has 9 heteroatoms. The Morgan fingerprint density at radius 3 is 2.36 bits per heavy atom. The Morgan fingerprint density at radius 1 is 1.07 bits per heavy atom. The maximum Gasteiger partial charge on any atom is 0.373 e. The van der Waals surface area contributed by atoms with Gasteiger partial charge in [0.2, 0.25) is 5.82 Å². The van der Waals surface area contributed by atoms with Crippen molar-refractivity contribution in [3.05, 3.63) is 76.1 Å². The van der Waals surface area contributed by atoms with Gasteiger partial charge in [0.05, 0.1) is 17.6 Å². The third kappa shape index (κ3) is 4.21. The van der Waals surface area contributed by atoms with E-state index in [4.69, 9.17) is 4.74 Å². The van der Waals surface area contributed by atoms with Crippen LogP contribution in [0.4, 0.5) is 17.2 Å². The number of aryl methyl sites for hydroxylation is 1. The molecule has 0 spiro atoms. The highest BCUT2D eigenvalue weighted by molar-refractivity contribution is 5.89. The van der Waals surface area contributed by atoms with E-state index in [1.165, 1.54) is 37.7 Å². The molecule has 2 aromatic carbocycles. The summed E-state index contributed by atoms with van der Waals surface area (Å²) in [6.45, 7) is 1.94. The first kappa shape index (κ1) is 18.8. The first-order valence-electron chi connectivity index (χ1n) is 8.17. The first-order chi connectivity index (χ1) is 13.5. The average Bonchev–Trinajstić information content (AvgIpc) is 2.69. The lowest BCUT2D eigenvalue weighted by Crippen LogP contribution is -2.04.